The van der Waals surface area contributed by atoms with Crippen molar-refractivity contribution in [1.82, 2.24) is 9.97 Å². The van der Waals surface area contributed by atoms with E-state index in [2.05, 4.69) is 9.97 Å². The molecule has 4 nitrogen and oxygen atoms in total. The zero-order valence-corrected chi connectivity index (χ0v) is 11.7. The van der Waals surface area contributed by atoms with Gasteiger partial charge in [0, 0.05) is 12.5 Å². The molecule has 1 N–H and O–H groups in total. The van der Waals surface area contributed by atoms with Crippen LogP contribution in [0, 0.1) is 5.92 Å². The second-order valence-corrected chi connectivity index (χ2v) is 5.50. The van der Waals surface area contributed by atoms with Gasteiger partial charge in [0.05, 0.1) is 18.9 Å². The molecule has 1 saturated carbocycles. The fourth-order valence-corrected chi connectivity index (χ4v) is 2.91. The molecule has 1 atom stereocenters. The average molecular weight is 264 g/mol. The standard InChI is InChI=1S/C15H24N2O2/c1-19-15-10-13(16-11-17-15)9-14(18)8-12-6-4-2-3-5-7-12/h10-12,14,18H,2-9H2,1H3. The molecule has 2 rings (SSSR count). The van der Waals surface area contributed by atoms with Gasteiger partial charge < -0.3 is 9.84 Å². The summed E-state index contributed by atoms with van der Waals surface area (Å²) in [5.74, 6) is 1.24. The van der Waals surface area contributed by atoms with Crippen molar-refractivity contribution in [3.63, 3.8) is 0 Å². The van der Waals surface area contributed by atoms with Crippen LogP contribution in [0.5, 0.6) is 5.88 Å². The van der Waals surface area contributed by atoms with Crippen LogP contribution in [0.15, 0.2) is 12.4 Å². The van der Waals surface area contributed by atoms with E-state index in [1.807, 2.05) is 0 Å². The van der Waals surface area contributed by atoms with Gasteiger partial charge in [0.2, 0.25) is 5.88 Å². The highest BCUT2D eigenvalue weighted by atomic mass is 16.5. The first-order chi connectivity index (χ1) is 9.28. The number of ether oxygens (including phenoxy) is 1. The Morgan fingerprint density at radius 2 is 2.00 bits per heavy atom. The van der Waals surface area contributed by atoms with Gasteiger partial charge in [-0.15, -0.1) is 0 Å². The fourth-order valence-electron chi connectivity index (χ4n) is 2.91. The van der Waals surface area contributed by atoms with Gasteiger partial charge in [-0.2, -0.15) is 0 Å². The van der Waals surface area contributed by atoms with Crippen molar-refractivity contribution in [1.29, 1.82) is 0 Å². The summed E-state index contributed by atoms with van der Waals surface area (Å²) in [6.07, 6.45) is 10.6. The zero-order valence-electron chi connectivity index (χ0n) is 11.7. The van der Waals surface area contributed by atoms with Gasteiger partial charge in [-0.1, -0.05) is 38.5 Å². The van der Waals surface area contributed by atoms with Crippen LogP contribution in [0.25, 0.3) is 0 Å². The minimum Gasteiger partial charge on any atom is -0.481 e. The molecule has 1 heterocycles. The molecule has 0 saturated heterocycles. The van der Waals surface area contributed by atoms with Crippen LogP contribution in [0.4, 0.5) is 0 Å². The summed E-state index contributed by atoms with van der Waals surface area (Å²) in [5, 5.41) is 10.2. The minimum atomic E-state index is -0.303. The van der Waals surface area contributed by atoms with Gasteiger partial charge in [-0.05, 0) is 12.3 Å². The van der Waals surface area contributed by atoms with Crippen LogP contribution >= 0.6 is 0 Å². The van der Waals surface area contributed by atoms with Crippen molar-refractivity contribution in [2.24, 2.45) is 5.92 Å². The van der Waals surface area contributed by atoms with Crippen molar-refractivity contribution in [2.45, 2.75) is 57.5 Å². The van der Waals surface area contributed by atoms with Gasteiger partial charge in [0.1, 0.15) is 6.33 Å². The Morgan fingerprint density at radius 3 is 2.68 bits per heavy atom. The summed E-state index contributed by atoms with van der Waals surface area (Å²) in [6, 6.07) is 1.80. The fraction of sp³-hybridized carbons (Fsp3) is 0.733. The van der Waals surface area contributed by atoms with Crippen molar-refractivity contribution < 1.29 is 9.84 Å². The molecule has 0 spiro atoms. The molecule has 1 aromatic rings. The van der Waals surface area contributed by atoms with E-state index in [-0.39, 0.29) is 6.10 Å². The molecule has 0 amide bonds. The van der Waals surface area contributed by atoms with Crippen LogP contribution in [-0.2, 0) is 6.42 Å². The van der Waals surface area contributed by atoms with Gasteiger partial charge in [0.25, 0.3) is 0 Å². The molecule has 1 aliphatic rings. The Labute approximate surface area is 115 Å². The van der Waals surface area contributed by atoms with E-state index >= 15 is 0 Å². The van der Waals surface area contributed by atoms with E-state index in [1.54, 1.807) is 13.2 Å². The highest BCUT2D eigenvalue weighted by molar-refractivity contribution is 5.13. The third-order valence-corrected chi connectivity index (χ3v) is 3.93. The molecule has 0 aliphatic heterocycles. The first kappa shape index (κ1) is 14.3. The Morgan fingerprint density at radius 1 is 1.26 bits per heavy atom. The Hall–Kier alpha value is -1.16. The van der Waals surface area contributed by atoms with Crippen molar-refractivity contribution in [2.75, 3.05) is 7.11 Å². The second-order valence-electron chi connectivity index (χ2n) is 5.50. The number of aromatic nitrogens is 2. The normalized spacial score (nSPS) is 18.8. The molecular weight excluding hydrogens is 240 g/mol. The van der Waals surface area contributed by atoms with Crippen molar-refractivity contribution in [3.8, 4) is 5.88 Å². The quantitative estimate of drug-likeness (QED) is 0.831. The molecule has 4 heteroatoms. The zero-order chi connectivity index (χ0) is 13.5. The number of nitrogens with zero attached hydrogens (tertiary/aromatic N) is 2. The summed E-state index contributed by atoms with van der Waals surface area (Å²) in [4.78, 5) is 8.17. The molecule has 19 heavy (non-hydrogen) atoms. The lowest BCUT2D eigenvalue weighted by molar-refractivity contribution is 0.136. The maximum Gasteiger partial charge on any atom is 0.216 e. The average Bonchev–Trinajstić information content (AvgIpc) is 2.67. The second kappa shape index (κ2) is 7.43. The predicted octanol–water partition coefficient (Wildman–Crippen LogP) is 2.75. The monoisotopic (exact) mass is 264 g/mol. The van der Waals surface area contributed by atoms with E-state index in [4.69, 9.17) is 4.74 Å². The summed E-state index contributed by atoms with van der Waals surface area (Å²) in [7, 11) is 1.59. The Kier molecular flexibility index (Phi) is 5.58. The smallest absolute Gasteiger partial charge is 0.216 e. The largest absolute Gasteiger partial charge is 0.481 e. The Bertz CT molecular complexity index is 376. The molecular formula is C15H24N2O2. The van der Waals surface area contributed by atoms with Crippen LogP contribution in [0.3, 0.4) is 0 Å². The van der Waals surface area contributed by atoms with E-state index in [0.717, 1.165) is 12.1 Å². The van der Waals surface area contributed by atoms with Gasteiger partial charge >= 0.3 is 0 Å². The molecule has 0 bridgehead atoms. The lowest BCUT2D eigenvalue weighted by Gasteiger charge is -2.18. The molecule has 1 fully saturated rings. The van der Waals surface area contributed by atoms with Crippen LogP contribution in [0.1, 0.15) is 50.6 Å². The summed E-state index contributed by atoms with van der Waals surface area (Å²) < 4.78 is 5.07. The lowest BCUT2D eigenvalue weighted by atomic mass is 9.92. The maximum absolute atomic E-state index is 10.2. The number of hydrogen-bond acceptors (Lipinski definition) is 4. The van der Waals surface area contributed by atoms with E-state index in [0.29, 0.717) is 18.2 Å². The first-order valence-corrected chi connectivity index (χ1v) is 7.31. The number of hydrogen-bond donors (Lipinski definition) is 1. The van der Waals surface area contributed by atoms with Crippen LogP contribution in [-0.4, -0.2) is 28.3 Å². The first-order valence-electron chi connectivity index (χ1n) is 7.31. The predicted molar refractivity (Wildman–Crippen MR) is 74.1 cm³/mol. The number of aliphatic hydroxyl groups excluding tert-OH is 1. The number of aliphatic hydroxyl groups is 1. The van der Waals surface area contributed by atoms with Crippen LogP contribution in [0.2, 0.25) is 0 Å². The highest BCUT2D eigenvalue weighted by Gasteiger charge is 2.17. The van der Waals surface area contributed by atoms with Crippen molar-refractivity contribution >= 4 is 0 Å². The third-order valence-electron chi connectivity index (χ3n) is 3.93. The summed E-state index contributed by atoms with van der Waals surface area (Å²) >= 11 is 0. The third kappa shape index (κ3) is 4.78. The molecule has 0 aromatic carbocycles. The number of rotatable bonds is 5. The lowest BCUT2D eigenvalue weighted by Crippen LogP contribution is -2.17. The van der Waals surface area contributed by atoms with Crippen molar-refractivity contribution in [3.05, 3.63) is 18.1 Å². The topological polar surface area (TPSA) is 55.2 Å². The Balaban J connectivity index is 1.83. The van der Waals surface area contributed by atoms with Gasteiger partial charge in [-0.3, -0.25) is 0 Å². The van der Waals surface area contributed by atoms with E-state index < -0.39 is 0 Å². The van der Waals surface area contributed by atoms with E-state index in [9.17, 15) is 5.11 Å². The maximum atomic E-state index is 10.2. The van der Waals surface area contributed by atoms with Gasteiger partial charge in [-0.25, -0.2) is 9.97 Å². The molecule has 1 aromatic heterocycles. The molecule has 106 valence electrons. The number of methoxy groups -OCH3 is 1. The van der Waals surface area contributed by atoms with Crippen LogP contribution < -0.4 is 4.74 Å². The molecule has 1 aliphatic carbocycles. The van der Waals surface area contributed by atoms with Gasteiger partial charge in [0.15, 0.2) is 0 Å². The summed E-state index contributed by atoms with van der Waals surface area (Å²) in [6.45, 7) is 0. The summed E-state index contributed by atoms with van der Waals surface area (Å²) in [5.41, 5.74) is 0.855. The highest BCUT2D eigenvalue weighted by Crippen LogP contribution is 2.27. The molecule has 1 unspecified atom stereocenters. The van der Waals surface area contributed by atoms with E-state index in [1.165, 1.54) is 44.9 Å². The molecule has 0 radical (unpaired) electrons. The minimum absolute atomic E-state index is 0.303. The SMILES string of the molecule is COc1cc(CC(O)CC2CCCCCC2)ncn1.